The maximum absolute atomic E-state index is 13.5. The monoisotopic (exact) mass is 318 g/mol. The van der Waals surface area contributed by atoms with Crippen LogP contribution in [0.4, 0.5) is 4.39 Å². The van der Waals surface area contributed by atoms with Gasteiger partial charge in [0.25, 0.3) is 0 Å². The van der Waals surface area contributed by atoms with Crippen LogP contribution in [0.15, 0.2) is 24.9 Å². The first-order chi connectivity index (χ1) is 9.27. The number of rotatable bonds is 6. The average molecular weight is 319 g/mol. The topological polar surface area (TPSA) is 48.0 Å². The number of hydrogen-bond donors (Lipinski definition) is 1. The zero-order chi connectivity index (χ0) is 15.3. The first kappa shape index (κ1) is 17.4. The fraction of sp³-hybridized carbons (Fsp3) is 0.500. The van der Waals surface area contributed by atoms with Crippen LogP contribution in [0.5, 0.6) is 0 Å². The van der Waals surface area contributed by atoms with Crippen LogP contribution in [-0.4, -0.2) is 14.3 Å². The van der Waals surface area contributed by atoms with Crippen LogP contribution in [-0.2, 0) is 11.4 Å². The molecular weight excluding hydrogens is 299 g/mol. The summed E-state index contributed by atoms with van der Waals surface area (Å²) >= 11 is 4.69. The predicted octanol–water partition coefficient (Wildman–Crippen LogP) is 3.93. The van der Waals surface area contributed by atoms with Crippen molar-refractivity contribution in [1.82, 2.24) is 9.71 Å². The Morgan fingerprint density at radius 2 is 2.25 bits per heavy atom. The van der Waals surface area contributed by atoms with Gasteiger partial charge in [0.1, 0.15) is 9.77 Å². The quantitative estimate of drug-likeness (QED) is 0.491. The van der Waals surface area contributed by atoms with E-state index in [2.05, 4.69) is 16.3 Å². The second-order valence-electron chi connectivity index (χ2n) is 5.42. The van der Waals surface area contributed by atoms with Gasteiger partial charge in [0.05, 0.1) is 6.04 Å². The zero-order valence-electron chi connectivity index (χ0n) is 12.0. The number of pyridine rings is 1. The molecule has 0 saturated heterocycles. The summed E-state index contributed by atoms with van der Waals surface area (Å²) in [6.45, 7) is 9.28. The number of aromatic nitrogens is 1. The van der Waals surface area contributed by atoms with Crippen molar-refractivity contribution < 1.29 is 8.94 Å². The van der Waals surface area contributed by atoms with E-state index in [9.17, 15) is 8.94 Å². The van der Waals surface area contributed by atoms with Crippen LogP contribution in [0.2, 0.25) is 5.02 Å². The van der Waals surface area contributed by atoms with Gasteiger partial charge in [-0.2, -0.15) is 4.39 Å². The second-order valence-corrected chi connectivity index (χ2v) is 7.80. The van der Waals surface area contributed by atoms with Gasteiger partial charge < -0.3 is 4.55 Å². The first-order valence-electron chi connectivity index (χ1n) is 6.36. The van der Waals surface area contributed by atoms with Crippen molar-refractivity contribution in [3.05, 3.63) is 41.5 Å². The Morgan fingerprint density at radius 3 is 2.80 bits per heavy atom. The molecule has 1 rings (SSSR count). The van der Waals surface area contributed by atoms with Gasteiger partial charge in [0, 0.05) is 17.6 Å². The molecule has 2 atom stereocenters. The molecule has 20 heavy (non-hydrogen) atoms. The second kappa shape index (κ2) is 7.41. The fourth-order valence-electron chi connectivity index (χ4n) is 1.57. The average Bonchev–Trinajstić information content (AvgIpc) is 2.36. The molecule has 112 valence electrons. The smallest absolute Gasteiger partial charge is 0.231 e. The molecule has 0 amide bonds. The van der Waals surface area contributed by atoms with Crippen molar-refractivity contribution in [3.63, 3.8) is 0 Å². The van der Waals surface area contributed by atoms with E-state index < -0.39 is 22.1 Å². The van der Waals surface area contributed by atoms with Crippen molar-refractivity contribution >= 4 is 23.0 Å². The Hall–Kier alpha value is -0.620. The van der Waals surface area contributed by atoms with Crippen LogP contribution in [0, 0.1) is 5.95 Å². The highest BCUT2D eigenvalue weighted by molar-refractivity contribution is 7.90. The lowest BCUT2D eigenvalue weighted by Crippen LogP contribution is -2.41. The molecule has 1 unspecified atom stereocenters. The Bertz CT molecular complexity index is 465. The van der Waals surface area contributed by atoms with Gasteiger partial charge in [-0.05, 0) is 45.2 Å². The molecule has 0 saturated carbocycles. The summed E-state index contributed by atoms with van der Waals surface area (Å²) in [7, 11) is 0. The normalized spacial score (nSPS) is 14.9. The van der Waals surface area contributed by atoms with Gasteiger partial charge >= 0.3 is 0 Å². The molecule has 1 heterocycles. The number of allylic oxidation sites excluding steroid dienone is 1. The molecule has 0 aliphatic rings. The third kappa shape index (κ3) is 4.74. The number of nitrogens with zero attached hydrogens (tertiary/aromatic N) is 1. The van der Waals surface area contributed by atoms with Gasteiger partial charge in [-0.25, -0.2) is 4.98 Å². The fourth-order valence-corrected chi connectivity index (χ4v) is 2.67. The Kier molecular flexibility index (Phi) is 6.45. The molecule has 0 aromatic carbocycles. The van der Waals surface area contributed by atoms with Crippen molar-refractivity contribution in [2.45, 2.75) is 44.4 Å². The predicted molar refractivity (Wildman–Crippen MR) is 82.4 cm³/mol. The van der Waals surface area contributed by atoms with E-state index in [1.807, 2.05) is 20.8 Å². The van der Waals surface area contributed by atoms with Crippen LogP contribution < -0.4 is 4.72 Å². The van der Waals surface area contributed by atoms with Crippen molar-refractivity contribution in [1.29, 1.82) is 0 Å². The summed E-state index contributed by atoms with van der Waals surface area (Å²) in [5, 5.41) is -0.0278. The van der Waals surface area contributed by atoms with E-state index in [1.165, 1.54) is 6.20 Å². The summed E-state index contributed by atoms with van der Waals surface area (Å²) < 4.78 is 28.3. The molecule has 3 nitrogen and oxygen atoms in total. The van der Waals surface area contributed by atoms with Crippen molar-refractivity contribution in [3.8, 4) is 0 Å². The largest absolute Gasteiger partial charge is 0.598 e. The summed E-state index contributed by atoms with van der Waals surface area (Å²) in [6.07, 6.45) is 4.47. The van der Waals surface area contributed by atoms with E-state index in [1.54, 1.807) is 12.1 Å². The molecule has 6 heteroatoms. The van der Waals surface area contributed by atoms with Crippen LogP contribution in [0.1, 0.15) is 45.2 Å². The SMILES string of the molecule is C=CCCC(N[S@@+]([O-])C(C)(C)C)c1ccnc(F)c1Cl. The Morgan fingerprint density at radius 1 is 1.60 bits per heavy atom. The highest BCUT2D eigenvalue weighted by atomic mass is 35.5. The Balaban J connectivity index is 3.00. The molecule has 0 aliphatic heterocycles. The lowest BCUT2D eigenvalue weighted by molar-refractivity contribution is 0.509. The number of nitrogens with one attached hydrogen (secondary N) is 1. The van der Waals surface area contributed by atoms with Crippen molar-refractivity contribution in [2.75, 3.05) is 0 Å². The van der Waals surface area contributed by atoms with E-state index in [0.717, 1.165) is 0 Å². The minimum absolute atomic E-state index is 0.0278. The van der Waals surface area contributed by atoms with Gasteiger partial charge in [-0.15, -0.1) is 11.3 Å². The third-order valence-corrected chi connectivity index (χ3v) is 4.70. The molecule has 1 N–H and O–H groups in total. The van der Waals surface area contributed by atoms with E-state index in [0.29, 0.717) is 18.4 Å². The molecular formula is C14H20ClFN2OS. The molecule has 0 bridgehead atoms. The van der Waals surface area contributed by atoms with Crippen LogP contribution >= 0.6 is 11.6 Å². The van der Waals surface area contributed by atoms with E-state index in [4.69, 9.17) is 11.6 Å². The zero-order valence-corrected chi connectivity index (χ0v) is 13.5. The van der Waals surface area contributed by atoms with Crippen LogP contribution in [0.3, 0.4) is 0 Å². The maximum atomic E-state index is 13.5. The summed E-state index contributed by atoms with van der Waals surface area (Å²) in [5.41, 5.74) is 0.568. The summed E-state index contributed by atoms with van der Waals surface area (Å²) in [6, 6.07) is 1.34. The Labute approximate surface area is 127 Å². The summed E-state index contributed by atoms with van der Waals surface area (Å²) in [4.78, 5) is 3.51. The molecule has 0 fully saturated rings. The standard InChI is InChI=1S/C14H20ClFN2OS/c1-5-6-7-11(18-20(19)14(2,3)4)10-8-9-17-13(16)12(10)15/h5,8-9,11,18H,1,6-7H2,2-4H3/t11?,20-/m0/s1. The molecule has 0 spiro atoms. The molecule has 0 radical (unpaired) electrons. The number of halogens is 2. The van der Waals surface area contributed by atoms with Gasteiger partial charge in [-0.1, -0.05) is 17.7 Å². The van der Waals surface area contributed by atoms with Gasteiger partial charge in [-0.3, -0.25) is 0 Å². The lowest BCUT2D eigenvalue weighted by Gasteiger charge is -2.28. The number of hydrogen-bond acceptors (Lipinski definition) is 3. The van der Waals surface area contributed by atoms with Gasteiger partial charge in [0.15, 0.2) is 0 Å². The molecule has 0 aliphatic carbocycles. The lowest BCUT2D eigenvalue weighted by atomic mass is 10.0. The minimum atomic E-state index is -1.27. The highest BCUT2D eigenvalue weighted by Gasteiger charge is 2.30. The summed E-state index contributed by atoms with van der Waals surface area (Å²) in [5.74, 6) is -0.712. The molecule has 1 aromatic heterocycles. The molecule has 1 aromatic rings. The first-order valence-corrected chi connectivity index (χ1v) is 7.89. The van der Waals surface area contributed by atoms with Crippen molar-refractivity contribution in [2.24, 2.45) is 0 Å². The maximum Gasteiger partial charge on any atom is 0.231 e. The van der Waals surface area contributed by atoms with E-state index in [-0.39, 0.29) is 11.1 Å². The minimum Gasteiger partial charge on any atom is -0.598 e. The highest BCUT2D eigenvalue weighted by Crippen LogP contribution is 2.29. The van der Waals surface area contributed by atoms with Gasteiger partial charge in [0.2, 0.25) is 5.95 Å². The van der Waals surface area contributed by atoms with Crippen LogP contribution in [0.25, 0.3) is 0 Å². The third-order valence-electron chi connectivity index (χ3n) is 2.72. The van der Waals surface area contributed by atoms with E-state index >= 15 is 0 Å².